The highest BCUT2D eigenvalue weighted by Crippen LogP contribution is 2.26. The Kier molecular flexibility index (Phi) is 4.02. The molecule has 0 aromatic heterocycles. The molecule has 17 heavy (non-hydrogen) atoms. The van der Waals surface area contributed by atoms with Crippen LogP contribution in [-0.2, 0) is 11.3 Å². The lowest BCUT2D eigenvalue weighted by molar-refractivity contribution is -0.127. The number of hydrogen-bond donors (Lipinski definition) is 1. The molecule has 0 heterocycles. The van der Waals surface area contributed by atoms with Crippen molar-refractivity contribution in [3.63, 3.8) is 0 Å². The Hall–Kier alpha value is -1.51. The van der Waals surface area contributed by atoms with Crippen molar-refractivity contribution in [2.24, 2.45) is 5.92 Å². The van der Waals surface area contributed by atoms with E-state index < -0.39 is 0 Å². The first-order valence-corrected chi connectivity index (χ1v) is 6.29. The molecule has 1 amide bonds. The largest absolute Gasteiger partial charge is 0.494 e. The van der Waals surface area contributed by atoms with Crippen LogP contribution in [0.4, 0.5) is 0 Å². The van der Waals surface area contributed by atoms with Gasteiger partial charge >= 0.3 is 0 Å². The standard InChI is InChI=1S/C14H19NO2/c1-2-17-13-8-3-5-11(9-13)10-15-14(16)12-6-4-7-12/h3,5,8-9,12H,2,4,6-7,10H2,1H3,(H,15,16). The predicted octanol–water partition coefficient (Wildman–Crippen LogP) is 2.50. The summed E-state index contributed by atoms with van der Waals surface area (Å²) < 4.78 is 5.42. The molecule has 92 valence electrons. The second kappa shape index (κ2) is 5.71. The summed E-state index contributed by atoms with van der Waals surface area (Å²) in [6, 6.07) is 7.87. The topological polar surface area (TPSA) is 38.3 Å². The van der Waals surface area contributed by atoms with E-state index in [4.69, 9.17) is 4.74 Å². The molecule has 0 spiro atoms. The van der Waals surface area contributed by atoms with Gasteiger partial charge in [0.1, 0.15) is 5.75 Å². The number of amides is 1. The minimum Gasteiger partial charge on any atom is -0.494 e. The summed E-state index contributed by atoms with van der Waals surface area (Å²) in [5.41, 5.74) is 1.09. The van der Waals surface area contributed by atoms with Gasteiger partial charge in [-0.25, -0.2) is 0 Å². The monoisotopic (exact) mass is 233 g/mol. The first kappa shape index (κ1) is 12.0. The molecule has 0 radical (unpaired) electrons. The third kappa shape index (κ3) is 3.22. The van der Waals surface area contributed by atoms with Crippen LogP contribution in [0.25, 0.3) is 0 Å². The van der Waals surface area contributed by atoms with Crippen molar-refractivity contribution in [1.82, 2.24) is 5.32 Å². The number of nitrogens with one attached hydrogen (secondary N) is 1. The van der Waals surface area contributed by atoms with Gasteiger partial charge in [-0.15, -0.1) is 0 Å². The molecular formula is C14H19NO2. The number of ether oxygens (including phenoxy) is 1. The fourth-order valence-corrected chi connectivity index (χ4v) is 1.92. The minimum absolute atomic E-state index is 0.193. The Morgan fingerprint density at radius 1 is 1.47 bits per heavy atom. The summed E-state index contributed by atoms with van der Waals surface area (Å²) >= 11 is 0. The zero-order valence-electron chi connectivity index (χ0n) is 10.2. The van der Waals surface area contributed by atoms with Gasteiger partial charge in [-0.3, -0.25) is 4.79 Å². The molecule has 1 aliphatic carbocycles. The average molecular weight is 233 g/mol. The van der Waals surface area contributed by atoms with E-state index in [0.29, 0.717) is 13.2 Å². The summed E-state index contributed by atoms with van der Waals surface area (Å²) in [6.07, 6.45) is 3.29. The third-order valence-corrected chi connectivity index (χ3v) is 3.15. The molecule has 1 aliphatic rings. The molecule has 0 saturated heterocycles. The van der Waals surface area contributed by atoms with Crippen molar-refractivity contribution in [1.29, 1.82) is 0 Å². The molecule has 1 N–H and O–H groups in total. The Bertz CT molecular complexity index is 386. The van der Waals surface area contributed by atoms with Crippen molar-refractivity contribution in [3.05, 3.63) is 29.8 Å². The molecule has 2 rings (SSSR count). The van der Waals surface area contributed by atoms with Crippen LogP contribution >= 0.6 is 0 Å². The minimum atomic E-state index is 0.193. The average Bonchev–Trinajstić information content (AvgIpc) is 2.25. The van der Waals surface area contributed by atoms with E-state index >= 15 is 0 Å². The molecule has 0 aliphatic heterocycles. The molecule has 1 aromatic carbocycles. The summed E-state index contributed by atoms with van der Waals surface area (Å²) in [4.78, 5) is 11.7. The molecule has 3 heteroatoms. The van der Waals surface area contributed by atoms with E-state index in [1.807, 2.05) is 31.2 Å². The van der Waals surface area contributed by atoms with Crippen LogP contribution in [0.5, 0.6) is 5.75 Å². The first-order valence-electron chi connectivity index (χ1n) is 6.29. The summed E-state index contributed by atoms with van der Waals surface area (Å²) in [5, 5.41) is 2.98. The van der Waals surface area contributed by atoms with Gasteiger partial charge in [-0.1, -0.05) is 18.6 Å². The van der Waals surface area contributed by atoms with E-state index in [0.717, 1.165) is 24.2 Å². The van der Waals surface area contributed by atoms with Gasteiger partial charge in [0.25, 0.3) is 0 Å². The highest BCUT2D eigenvalue weighted by molar-refractivity contribution is 5.79. The van der Waals surface area contributed by atoms with E-state index in [-0.39, 0.29) is 11.8 Å². The zero-order valence-corrected chi connectivity index (χ0v) is 10.2. The van der Waals surface area contributed by atoms with Gasteiger partial charge in [0.2, 0.25) is 5.91 Å². The molecule has 0 unspecified atom stereocenters. The van der Waals surface area contributed by atoms with E-state index in [1.165, 1.54) is 6.42 Å². The van der Waals surface area contributed by atoms with Gasteiger partial charge < -0.3 is 10.1 Å². The van der Waals surface area contributed by atoms with E-state index in [2.05, 4.69) is 5.32 Å². The molecule has 0 bridgehead atoms. The van der Waals surface area contributed by atoms with Crippen LogP contribution in [0, 0.1) is 5.92 Å². The van der Waals surface area contributed by atoms with E-state index in [1.54, 1.807) is 0 Å². The van der Waals surface area contributed by atoms with Crippen molar-refractivity contribution in [2.75, 3.05) is 6.61 Å². The maximum Gasteiger partial charge on any atom is 0.223 e. The smallest absolute Gasteiger partial charge is 0.223 e. The van der Waals surface area contributed by atoms with Gasteiger partial charge in [-0.2, -0.15) is 0 Å². The highest BCUT2D eigenvalue weighted by atomic mass is 16.5. The van der Waals surface area contributed by atoms with Crippen LogP contribution < -0.4 is 10.1 Å². The van der Waals surface area contributed by atoms with E-state index in [9.17, 15) is 4.79 Å². The van der Waals surface area contributed by atoms with Crippen LogP contribution in [-0.4, -0.2) is 12.5 Å². The lowest BCUT2D eigenvalue weighted by Crippen LogP contribution is -2.33. The van der Waals surface area contributed by atoms with Crippen molar-refractivity contribution < 1.29 is 9.53 Å². The maximum absolute atomic E-state index is 11.7. The lowest BCUT2D eigenvalue weighted by atomic mass is 9.85. The lowest BCUT2D eigenvalue weighted by Gasteiger charge is -2.24. The molecule has 1 saturated carbocycles. The van der Waals surface area contributed by atoms with Crippen molar-refractivity contribution >= 4 is 5.91 Å². The van der Waals surface area contributed by atoms with Gasteiger partial charge in [0.05, 0.1) is 6.61 Å². The highest BCUT2D eigenvalue weighted by Gasteiger charge is 2.24. The Morgan fingerprint density at radius 3 is 2.94 bits per heavy atom. The second-order valence-electron chi connectivity index (χ2n) is 4.43. The Labute approximate surface area is 102 Å². The fourth-order valence-electron chi connectivity index (χ4n) is 1.92. The normalized spacial score (nSPS) is 15.1. The summed E-state index contributed by atoms with van der Waals surface area (Å²) in [5.74, 6) is 1.31. The van der Waals surface area contributed by atoms with Crippen LogP contribution in [0.15, 0.2) is 24.3 Å². The molecule has 1 fully saturated rings. The SMILES string of the molecule is CCOc1cccc(CNC(=O)C2CCC2)c1. The van der Waals surface area contributed by atoms with Crippen molar-refractivity contribution in [2.45, 2.75) is 32.7 Å². The summed E-state index contributed by atoms with van der Waals surface area (Å²) in [6.45, 7) is 3.22. The predicted molar refractivity (Wildman–Crippen MR) is 66.8 cm³/mol. The number of carbonyl (C=O) groups excluding carboxylic acids is 1. The Morgan fingerprint density at radius 2 is 2.29 bits per heavy atom. The van der Waals surface area contributed by atoms with Crippen LogP contribution in [0.1, 0.15) is 31.7 Å². The zero-order chi connectivity index (χ0) is 12.1. The fraction of sp³-hybridized carbons (Fsp3) is 0.500. The second-order valence-corrected chi connectivity index (χ2v) is 4.43. The van der Waals surface area contributed by atoms with Crippen molar-refractivity contribution in [3.8, 4) is 5.75 Å². The number of carbonyl (C=O) groups is 1. The molecule has 3 nitrogen and oxygen atoms in total. The number of rotatable bonds is 5. The van der Waals surface area contributed by atoms with Gasteiger partial charge in [0.15, 0.2) is 0 Å². The number of hydrogen-bond acceptors (Lipinski definition) is 2. The summed E-state index contributed by atoms with van der Waals surface area (Å²) in [7, 11) is 0. The number of benzene rings is 1. The quantitative estimate of drug-likeness (QED) is 0.848. The molecular weight excluding hydrogens is 214 g/mol. The third-order valence-electron chi connectivity index (χ3n) is 3.15. The maximum atomic E-state index is 11.7. The van der Waals surface area contributed by atoms with Crippen LogP contribution in [0.2, 0.25) is 0 Å². The van der Waals surface area contributed by atoms with Gasteiger partial charge in [0, 0.05) is 12.5 Å². The molecule has 1 aromatic rings. The van der Waals surface area contributed by atoms with Crippen LogP contribution in [0.3, 0.4) is 0 Å². The molecule has 0 atom stereocenters. The first-order chi connectivity index (χ1) is 8.29. The Balaban J connectivity index is 1.85. The van der Waals surface area contributed by atoms with Gasteiger partial charge in [-0.05, 0) is 37.5 Å².